The topological polar surface area (TPSA) is 26.3 Å². The molecule has 3 heteroatoms. The summed E-state index contributed by atoms with van der Waals surface area (Å²) in [7, 11) is 1.57. The standard InChI is InChI=1S/C13H17FO2/c1-13(2,16-3)9-11(15)8-10-6-4-5-7-12(10)14/h4-7H,8-9H2,1-3H3. The van der Waals surface area contributed by atoms with Gasteiger partial charge in [-0.2, -0.15) is 0 Å². The van der Waals surface area contributed by atoms with Gasteiger partial charge in [-0.3, -0.25) is 4.79 Å². The first-order valence-corrected chi connectivity index (χ1v) is 5.25. The van der Waals surface area contributed by atoms with E-state index in [-0.39, 0.29) is 24.4 Å². The van der Waals surface area contributed by atoms with Crippen LogP contribution in [0.1, 0.15) is 25.8 Å². The van der Waals surface area contributed by atoms with E-state index in [0.29, 0.717) is 5.56 Å². The maximum Gasteiger partial charge on any atom is 0.140 e. The lowest BCUT2D eigenvalue weighted by Gasteiger charge is -2.21. The first-order chi connectivity index (χ1) is 7.44. The number of ether oxygens (including phenoxy) is 1. The molecule has 1 aromatic rings. The van der Waals surface area contributed by atoms with Gasteiger partial charge in [0.15, 0.2) is 0 Å². The molecule has 0 amide bonds. The molecule has 0 N–H and O–H groups in total. The van der Waals surface area contributed by atoms with Gasteiger partial charge in [0.05, 0.1) is 5.60 Å². The van der Waals surface area contributed by atoms with Crippen molar-refractivity contribution in [1.82, 2.24) is 0 Å². The van der Waals surface area contributed by atoms with E-state index in [1.807, 2.05) is 13.8 Å². The van der Waals surface area contributed by atoms with Crippen LogP contribution in [0.3, 0.4) is 0 Å². The molecule has 0 heterocycles. The predicted molar refractivity (Wildman–Crippen MR) is 60.8 cm³/mol. The van der Waals surface area contributed by atoms with Crippen molar-refractivity contribution in [3.05, 3.63) is 35.6 Å². The van der Waals surface area contributed by atoms with Gasteiger partial charge in [-0.1, -0.05) is 18.2 Å². The summed E-state index contributed by atoms with van der Waals surface area (Å²) in [5, 5.41) is 0. The van der Waals surface area contributed by atoms with E-state index in [0.717, 1.165) is 0 Å². The number of carbonyl (C=O) groups is 1. The molecule has 2 nitrogen and oxygen atoms in total. The minimum Gasteiger partial charge on any atom is -0.378 e. The second kappa shape index (κ2) is 5.21. The first-order valence-electron chi connectivity index (χ1n) is 5.25. The lowest BCUT2D eigenvalue weighted by atomic mass is 9.97. The number of Topliss-reactive ketones (excluding diaryl/α,β-unsaturated/α-hetero) is 1. The summed E-state index contributed by atoms with van der Waals surface area (Å²) in [5.74, 6) is -0.344. The largest absolute Gasteiger partial charge is 0.378 e. The molecular weight excluding hydrogens is 207 g/mol. The van der Waals surface area contributed by atoms with Crippen LogP contribution in [0.2, 0.25) is 0 Å². The third-order valence-corrected chi connectivity index (χ3v) is 2.52. The monoisotopic (exact) mass is 224 g/mol. The molecule has 88 valence electrons. The highest BCUT2D eigenvalue weighted by atomic mass is 19.1. The average Bonchev–Trinajstić information content (AvgIpc) is 2.21. The van der Waals surface area contributed by atoms with Crippen molar-refractivity contribution in [2.75, 3.05) is 7.11 Å². The van der Waals surface area contributed by atoms with Crippen molar-refractivity contribution in [2.45, 2.75) is 32.3 Å². The number of halogens is 1. The maximum absolute atomic E-state index is 13.3. The molecule has 0 atom stereocenters. The zero-order chi connectivity index (χ0) is 12.2. The Balaban J connectivity index is 2.62. The molecule has 1 rings (SSSR count). The van der Waals surface area contributed by atoms with Crippen LogP contribution in [-0.4, -0.2) is 18.5 Å². The van der Waals surface area contributed by atoms with Gasteiger partial charge in [0, 0.05) is 20.0 Å². The molecule has 0 aliphatic rings. The Morgan fingerprint density at radius 2 is 2.00 bits per heavy atom. The normalized spacial score (nSPS) is 11.5. The van der Waals surface area contributed by atoms with E-state index < -0.39 is 5.60 Å². The molecule has 0 radical (unpaired) electrons. The van der Waals surface area contributed by atoms with Gasteiger partial charge < -0.3 is 4.74 Å². The van der Waals surface area contributed by atoms with Gasteiger partial charge in [0.1, 0.15) is 11.6 Å². The minimum atomic E-state index is -0.484. The Labute approximate surface area is 95.4 Å². The Bertz CT molecular complexity index is 372. The van der Waals surface area contributed by atoms with E-state index in [4.69, 9.17) is 4.74 Å². The molecule has 0 aliphatic carbocycles. The molecule has 0 saturated carbocycles. The van der Waals surface area contributed by atoms with Crippen molar-refractivity contribution in [3.63, 3.8) is 0 Å². The number of hydrogen-bond acceptors (Lipinski definition) is 2. The highest BCUT2D eigenvalue weighted by Gasteiger charge is 2.21. The zero-order valence-corrected chi connectivity index (χ0v) is 9.92. The number of ketones is 1. The molecule has 0 saturated heterocycles. The number of carbonyl (C=O) groups excluding carboxylic acids is 1. The average molecular weight is 224 g/mol. The van der Waals surface area contributed by atoms with E-state index in [1.54, 1.807) is 25.3 Å². The van der Waals surface area contributed by atoms with Crippen molar-refractivity contribution < 1.29 is 13.9 Å². The maximum atomic E-state index is 13.3. The lowest BCUT2D eigenvalue weighted by Crippen LogP contribution is -2.27. The Hall–Kier alpha value is -1.22. The van der Waals surface area contributed by atoms with Crippen LogP contribution in [-0.2, 0) is 16.0 Å². The molecule has 0 spiro atoms. The van der Waals surface area contributed by atoms with Gasteiger partial charge >= 0.3 is 0 Å². The summed E-state index contributed by atoms with van der Waals surface area (Å²) >= 11 is 0. The van der Waals surface area contributed by atoms with Crippen LogP contribution in [0.5, 0.6) is 0 Å². The molecule has 16 heavy (non-hydrogen) atoms. The van der Waals surface area contributed by atoms with Gasteiger partial charge in [0.2, 0.25) is 0 Å². The number of methoxy groups -OCH3 is 1. The van der Waals surface area contributed by atoms with Gasteiger partial charge in [-0.15, -0.1) is 0 Å². The summed E-state index contributed by atoms with van der Waals surface area (Å²) in [6.07, 6.45) is 0.414. The summed E-state index contributed by atoms with van der Waals surface area (Å²) in [6, 6.07) is 6.34. The number of hydrogen-bond donors (Lipinski definition) is 0. The third-order valence-electron chi connectivity index (χ3n) is 2.52. The quantitative estimate of drug-likeness (QED) is 0.768. The Kier molecular flexibility index (Phi) is 4.19. The molecule has 0 fully saturated rings. The second-order valence-electron chi connectivity index (χ2n) is 4.45. The summed E-state index contributed by atoms with van der Waals surface area (Å²) < 4.78 is 18.4. The molecule has 0 aromatic heterocycles. The summed E-state index contributed by atoms with van der Waals surface area (Å²) in [4.78, 5) is 11.7. The van der Waals surface area contributed by atoms with Crippen molar-refractivity contribution in [1.29, 1.82) is 0 Å². The van der Waals surface area contributed by atoms with Crippen LogP contribution in [0.25, 0.3) is 0 Å². The fourth-order valence-electron chi connectivity index (χ4n) is 1.46. The molecule has 0 aliphatic heterocycles. The lowest BCUT2D eigenvalue weighted by molar-refractivity contribution is -0.123. The third kappa shape index (κ3) is 3.74. The number of benzene rings is 1. The summed E-state index contributed by atoms with van der Waals surface area (Å²) in [6.45, 7) is 3.68. The molecule has 0 unspecified atom stereocenters. The SMILES string of the molecule is COC(C)(C)CC(=O)Cc1ccccc1F. The fourth-order valence-corrected chi connectivity index (χ4v) is 1.46. The van der Waals surface area contributed by atoms with Crippen molar-refractivity contribution in [3.8, 4) is 0 Å². The molecule has 0 bridgehead atoms. The smallest absolute Gasteiger partial charge is 0.140 e. The highest BCUT2D eigenvalue weighted by Crippen LogP contribution is 2.16. The second-order valence-corrected chi connectivity index (χ2v) is 4.45. The van der Waals surface area contributed by atoms with Crippen LogP contribution in [0, 0.1) is 5.82 Å². The van der Waals surface area contributed by atoms with Crippen LogP contribution >= 0.6 is 0 Å². The van der Waals surface area contributed by atoms with E-state index in [1.165, 1.54) is 6.07 Å². The Morgan fingerprint density at radius 1 is 1.38 bits per heavy atom. The van der Waals surface area contributed by atoms with E-state index in [9.17, 15) is 9.18 Å². The zero-order valence-electron chi connectivity index (χ0n) is 9.92. The van der Waals surface area contributed by atoms with Gasteiger partial charge in [0.25, 0.3) is 0 Å². The van der Waals surface area contributed by atoms with Gasteiger partial charge in [-0.25, -0.2) is 4.39 Å². The molecule has 1 aromatic carbocycles. The van der Waals surface area contributed by atoms with Crippen LogP contribution in [0.15, 0.2) is 24.3 Å². The van der Waals surface area contributed by atoms with Crippen molar-refractivity contribution in [2.24, 2.45) is 0 Å². The fraction of sp³-hybridized carbons (Fsp3) is 0.462. The summed E-state index contributed by atoms with van der Waals surface area (Å²) in [5.41, 5.74) is -0.0399. The predicted octanol–water partition coefficient (Wildman–Crippen LogP) is 2.75. The van der Waals surface area contributed by atoms with E-state index in [2.05, 4.69) is 0 Å². The highest BCUT2D eigenvalue weighted by molar-refractivity contribution is 5.81. The van der Waals surface area contributed by atoms with Crippen molar-refractivity contribution >= 4 is 5.78 Å². The van der Waals surface area contributed by atoms with Gasteiger partial charge in [-0.05, 0) is 25.5 Å². The van der Waals surface area contributed by atoms with Crippen LogP contribution in [0.4, 0.5) is 4.39 Å². The molecular formula is C13H17FO2. The minimum absolute atomic E-state index is 0.0167. The Morgan fingerprint density at radius 3 is 2.56 bits per heavy atom. The first kappa shape index (κ1) is 12.8. The van der Waals surface area contributed by atoms with E-state index >= 15 is 0 Å². The van der Waals surface area contributed by atoms with Crippen LogP contribution < -0.4 is 0 Å². The number of rotatable bonds is 5.